The average Bonchev–Trinajstić information content (AvgIpc) is 2.64. The number of hydrogen-bond donors (Lipinski definition) is 1. The molecule has 1 aliphatic heterocycles. The number of carbonyl (C=O) groups excluding carboxylic acids is 2. The average molecular weight is 344 g/mol. The van der Waals surface area contributed by atoms with Crippen molar-refractivity contribution in [2.45, 2.75) is 57.0 Å². The lowest BCUT2D eigenvalue weighted by Gasteiger charge is -2.39. The van der Waals surface area contributed by atoms with E-state index in [9.17, 15) is 9.59 Å². The van der Waals surface area contributed by atoms with Crippen molar-refractivity contribution in [2.24, 2.45) is 5.92 Å². The van der Waals surface area contributed by atoms with E-state index in [1.807, 2.05) is 24.3 Å². The molecule has 5 heteroatoms. The number of nitrogens with one attached hydrogen (secondary N) is 1. The molecule has 0 radical (unpaired) electrons. The number of methoxy groups -OCH3 is 1. The SMILES string of the molecule is COc1ccc([C@H]2[C@@H](C(=O)NC3CCCCC3)CCC(=O)N2C)cc1. The molecule has 25 heavy (non-hydrogen) atoms. The Kier molecular flexibility index (Phi) is 5.61. The zero-order valence-corrected chi connectivity index (χ0v) is 15.2. The standard InChI is InChI=1S/C20H28N2O3/c1-22-18(23)13-12-17(20(24)21-15-6-4-3-5-7-15)19(22)14-8-10-16(25-2)11-9-14/h8-11,15,17,19H,3-7,12-13H2,1-2H3,(H,21,24)/t17-,19-/m0/s1. The molecule has 2 aliphatic rings. The van der Waals surface area contributed by atoms with Crippen molar-refractivity contribution >= 4 is 11.8 Å². The molecule has 1 aromatic rings. The van der Waals surface area contributed by atoms with E-state index < -0.39 is 0 Å². The van der Waals surface area contributed by atoms with E-state index in [1.54, 1.807) is 19.1 Å². The van der Waals surface area contributed by atoms with Crippen LogP contribution >= 0.6 is 0 Å². The minimum Gasteiger partial charge on any atom is -0.497 e. The van der Waals surface area contributed by atoms with Crippen molar-refractivity contribution in [1.82, 2.24) is 10.2 Å². The first-order chi connectivity index (χ1) is 12.1. The minimum absolute atomic E-state index is 0.0899. The van der Waals surface area contributed by atoms with Crippen molar-refractivity contribution < 1.29 is 14.3 Å². The first kappa shape index (κ1) is 17.8. The molecule has 1 aliphatic carbocycles. The lowest BCUT2D eigenvalue weighted by Crippen LogP contribution is -2.48. The summed E-state index contributed by atoms with van der Waals surface area (Å²) < 4.78 is 5.22. The van der Waals surface area contributed by atoms with Crippen molar-refractivity contribution in [3.63, 3.8) is 0 Å². The molecule has 2 atom stereocenters. The van der Waals surface area contributed by atoms with Crippen LogP contribution in [0.4, 0.5) is 0 Å². The van der Waals surface area contributed by atoms with Crippen molar-refractivity contribution in [1.29, 1.82) is 0 Å². The Labute approximate surface area is 149 Å². The molecule has 1 heterocycles. The van der Waals surface area contributed by atoms with Gasteiger partial charge >= 0.3 is 0 Å². The molecular weight excluding hydrogens is 316 g/mol. The number of benzene rings is 1. The molecule has 0 unspecified atom stereocenters. The van der Waals surface area contributed by atoms with E-state index in [0.29, 0.717) is 18.9 Å². The number of rotatable bonds is 4. The highest BCUT2D eigenvalue weighted by Crippen LogP contribution is 2.36. The Morgan fingerprint density at radius 1 is 1.12 bits per heavy atom. The maximum atomic E-state index is 13.0. The lowest BCUT2D eigenvalue weighted by molar-refractivity contribution is -0.142. The van der Waals surface area contributed by atoms with Gasteiger partial charge in [0.2, 0.25) is 11.8 Å². The zero-order chi connectivity index (χ0) is 17.8. The number of hydrogen-bond acceptors (Lipinski definition) is 3. The highest BCUT2D eigenvalue weighted by Gasteiger charge is 2.39. The summed E-state index contributed by atoms with van der Waals surface area (Å²) in [7, 11) is 3.43. The van der Waals surface area contributed by atoms with Crippen LogP contribution in [-0.2, 0) is 9.59 Å². The number of carbonyl (C=O) groups is 2. The van der Waals surface area contributed by atoms with E-state index in [0.717, 1.165) is 24.2 Å². The summed E-state index contributed by atoms with van der Waals surface area (Å²) in [6.45, 7) is 0. The highest BCUT2D eigenvalue weighted by atomic mass is 16.5. The second-order valence-electron chi connectivity index (χ2n) is 7.21. The first-order valence-corrected chi connectivity index (χ1v) is 9.30. The Bertz CT molecular complexity index is 608. The quantitative estimate of drug-likeness (QED) is 0.913. The van der Waals surface area contributed by atoms with Crippen LogP contribution in [0.3, 0.4) is 0 Å². The van der Waals surface area contributed by atoms with Crippen molar-refractivity contribution in [3.05, 3.63) is 29.8 Å². The first-order valence-electron chi connectivity index (χ1n) is 9.30. The van der Waals surface area contributed by atoms with E-state index in [-0.39, 0.29) is 23.8 Å². The molecule has 2 amide bonds. The molecule has 1 saturated heterocycles. The summed E-state index contributed by atoms with van der Waals surface area (Å²) in [5.41, 5.74) is 0.986. The predicted molar refractivity (Wildman–Crippen MR) is 96.2 cm³/mol. The fourth-order valence-electron chi connectivity index (χ4n) is 4.12. The van der Waals surface area contributed by atoms with Gasteiger partial charge in [0.1, 0.15) is 5.75 Å². The monoisotopic (exact) mass is 344 g/mol. The second-order valence-corrected chi connectivity index (χ2v) is 7.21. The summed E-state index contributed by atoms with van der Waals surface area (Å²) in [5.74, 6) is 0.768. The second kappa shape index (κ2) is 7.89. The van der Waals surface area contributed by atoms with E-state index in [1.165, 1.54) is 19.3 Å². The Morgan fingerprint density at radius 2 is 1.80 bits per heavy atom. The van der Waals surface area contributed by atoms with Crippen LogP contribution in [0.5, 0.6) is 5.75 Å². The third-order valence-corrected chi connectivity index (χ3v) is 5.61. The lowest BCUT2D eigenvalue weighted by atomic mass is 9.83. The van der Waals surface area contributed by atoms with E-state index in [2.05, 4.69) is 5.32 Å². The van der Waals surface area contributed by atoms with E-state index in [4.69, 9.17) is 4.74 Å². The van der Waals surface area contributed by atoms with Gasteiger partial charge in [-0.2, -0.15) is 0 Å². The van der Waals surface area contributed by atoms with Gasteiger partial charge in [0.15, 0.2) is 0 Å². The molecular formula is C20H28N2O3. The van der Waals surface area contributed by atoms with Gasteiger partial charge in [-0.1, -0.05) is 31.4 Å². The molecule has 1 saturated carbocycles. The third-order valence-electron chi connectivity index (χ3n) is 5.61. The number of nitrogens with zero attached hydrogens (tertiary/aromatic N) is 1. The van der Waals surface area contributed by atoms with Crippen LogP contribution in [-0.4, -0.2) is 36.9 Å². The van der Waals surface area contributed by atoms with Gasteiger partial charge in [-0.05, 0) is 37.0 Å². The topological polar surface area (TPSA) is 58.6 Å². The van der Waals surface area contributed by atoms with E-state index >= 15 is 0 Å². The van der Waals surface area contributed by atoms with Crippen molar-refractivity contribution in [2.75, 3.05) is 14.2 Å². The molecule has 1 aromatic carbocycles. The summed E-state index contributed by atoms with van der Waals surface area (Å²) in [6.07, 6.45) is 6.83. The number of amides is 2. The summed E-state index contributed by atoms with van der Waals surface area (Å²) in [4.78, 5) is 26.9. The number of likely N-dealkylation sites (tertiary alicyclic amines) is 1. The highest BCUT2D eigenvalue weighted by molar-refractivity contribution is 5.85. The molecule has 5 nitrogen and oxygen atoms in total. The molecule has 3 rings (SSSR count). The van der Waals surface area contributed by atoms with Crippen LogP contribution in [0.1, 0.15) is 56.6 Å². The van der Waals surface area contributed by atoms with Gasteiger partial charge < -0.3 is 15.0 Å². The summed E-state index contributed by atoms with van der Waals surface area (Å²) >= 11 is 0. The normalized spacial score (nSPS) is 24.9. The van der Waals surface area contributed by atoms with Crippen LogP contribution < -0.4 is 10.1 Å². The fraction of sp³-hybridized carbons (Fsp3) is 0.600. The fourth-order valence-corrected chi connectivity index (χ4v) is 4.12. The van der Waals surface area contributed by atoms with Gasteiger partial charge in [-0.25, -0.2) is 0 Å². The van der Waals surface area contributed by atoms with Crippen LogP contribution in [0.25, 0.3) is 0 Å². The smallest absolute Gasteiger partial charge is 0.225 e. The Balaban J connectivity index is 1.78. The van der Waals surface area contributed by atoms with Gasteiger partial charge in [0.25, 0.3) is 0 Å². The minimum atomic E-state index is -0.212. The Hall–Kier alpha value is -2.04. The largest absolute Gasteiger partial charge is 0.497 e. The van der Waals surface area contributed by atoms with Crippen LogP contribution in [0, 0.1) is 5.92 Å². The van der Waals surface area contributed by atoms with Gasteiger partial charge in [-0.3, -0.25) is 9.59 Å². The van der Waals surface area contributed by atoms with Crippen LogP contribution in [0.15, 0.2) is 24.3 Å². The van der Waals surface area contributed by atoms with Crippen LogP contribution in [0.2, 0.25) is 0 Å². The van der Waals surface area contributed by atoms with Crippen molar-refractivity contribution in [3.8, 4) is 5.75 Å². The third kappa shape index (κ3) is 3.97. The maximum absolute atomic E-state index is 13.0. The molecule has 1 N–H and O–H groups in total. The maximum Gasteiger partial charge on any atom is 0.225 e. The number of piperidine rings is 1. The van der Waals surface area contributed by atoms with Gasteiger partial charge in [-0.15, -0.1) is 0 Å². The molecule has 2 fully saturated rings. The number of ether oxygens (including phenoxy) is 1. The zero-order valence-electron chi connectivity index (χ0n) is 15.2. The Morgan fingerprint density at radius 3 is 2.44 bits per heavy atom. The summed E-state index contributed by atoms with van der Waals surface area (Å²) in [6, 6.07) is 7.77. The predicted octanol–water partition coefficient (Wildman–Crippen LogP) is 3.05. The molecule has 0 bridgehead atoms. The molecule has 0 aromatic heterocycles. The van der Waals surface area contributed by atoms with Gasteiger partial charge in [0.05, 0.1) is 19.1 Å². The van der Waals surface area contributed by atoms with Gasteiger partial charge in [0, 0.05) is 19.5 Å². The summed E-state index contributed by atoms with van der Waals surface area (Å²) in [5, 5.41) is 3.24. The molecule has 0 spiro atoms. The molecule has 136 valence electrons.